The fourth-order valence-electron chi connectivity index (χ4n) is 2.36. The molecule has 5 nitrogen and oxygen atoms in total. The maximum absolute atomic E-state index is 12.4. The molecule has 0 aromatic heterocycles. The van der Waals surface area contributed by atoms with E-state index >= 15 is 0 Å². The van der Waals surface area contributed by atoms with Gasteiger partial charge in [-0.25, -0.2) is 8.42 Å². The van der Waals surface area contributed by atoms with Gasteiger partial charge in [0.2, 0.25) is 0 Å². The maximum Gasteiger partial charge on any atom is 0.253 e. The monoisotopic (exact) mass is 296 g/mol. The van der Waals surface area contributed by atoms with Crippen LogP contribution in [0.25, 0.3) is 0 Å². The molecule has 110 valence electrons. The van der Waals surface area contributed by atoms with Crippen LogP contribution in [0.1, 0.15) is 16.8 Å². The van der Waals surface area contributed by atoms with Crippen LogP contribution in [0.15, 0.2) is 24.3 Å². The van der Waals surface area contributed by atoms with E-state index in [9.17, 15) is 13.2 Å². The van der Waals surface area contributed by atoms with Gasteiger partial charge in [0.25, 0.3) is 5.91 Å². The molecule has 20 heavy (non-hydrogen) atoms. The summed E-state index contributed by atoms with van der Waals surface area (Å²) in [4.78, 5) is 16.0. The second kappa shape index (κ2) is 5.44. The standard InChI is InChI=1S/C14H20N2O3S/c1-15(2)12-6-4-5-11(9-12)14(17)16-8-7-13(10-16)20(3,18)19/h4-6,9,13H,7-8,10H2,1-3H3. The first kappa shape index (κ1) is 14.8. The van der Waals surface area contributed by atoms with Gasteiger partial charge in [-0.3, -0.25) is 4.79 Å². The molecule has 6 heteroatoms. The van der Waals surface area contributed by atoms with Crippen molar-refractivity contribution in [1.82, 2.24) is 4.90 Å². The van der Waals surface area contributed by atoms with Crippen LogP contribution in [-0.4, -0.2) is 57.9 Å². The Kier molecular flexibility index (Phi) is 4.04. The molecule has 1 fully saturated rings. The molecule has 1 aliphatic heterocycles. The third-order valence-electron chi connectivity index (χ3n) is 3.65. The van der Waals surface area contributed by atoms with E-state index in [1.54, 1.807) is 11.0 Å². The predicted molar refractivity (Wildman–Crippen MR) is 79.9 cm³/mol. The second-order valence-corrected chi connectivity index (χ2v) is 7.76. The number of hydrogen-bond acceptors (Lipinski definition) is 4. The van der Waals surface area contributed by atoms with E-state index in [0.717, 1.165) is 5.69 Å². The van der Waals surface area contributed by atoms with Crippen LogP contribution in [0.2, 0.25) is 0 Å². The van der Waals surface area contributed by atoms with E-state index in [1.165, 1.54) is 6.26 Å². The molecule has 1 aromatic rings. The fourth-order valence-corrected chi connectivity index (χ4v) is 3.35. The van der Waals surface area contributed by atoms with Crippen LogP contribution in [0.4, 0.5) is 5.69 Å². The molecule has 0 bridgehead atoms. The second-order valence-electron chi connectivity index (χ2n) is 5.44. The van der Waals surface area contributed by atoms with Crippen molar-refractivity contribution in [3.63, 3.8) is 0 Å². The number of rotatable bonds is 3. The highest BCUT2D eigenvalue weighted by Crippen LogP contribution is 2.20. The number of carbonyl (C=O) groups is 1. The average Bonchev–Trinajstić information content (AvgIpc) is 2.87. The Morgan fingerprint density at radius 2 is 2.05 bits per heavy atom. The van der Waals surface area contributed by atoms with Gasteiger partial charge in [-0.15, -0.1) is 0 Å². The van der Waals surface area contributed by atoms with Crippen molar-refractivity contribution in [2.75, 3.05) is 38.3 Å². The number of sulfone groups is 1. The molecule has 1 heterocycles. The lowest BCUT2D eigenvalue weighted by atomic mass is 10.1. The molecule has 0 N–H and O–H groups in total. The average molecular weight is 296 g/mol. The summed E-state index contributed by atoms with van der Waals surface area (Å²) in [6.07, 6.45) is 1.76. The number of likely N-dealkylation sites (tertiary alicyclic amines) is 1. The van der Waals surface area contributed by atoms with Gasteiger partial charge in [0.15, 0.2) is 9.84 Å². The minimum absolute atomic E-state index is 0.0974. The molecule has 0 saturated carbocycles. The number of hydrogen-bond donors (Lipinski definition) is 0. The zero-order valence-electron chi connectivity index (χ0n) is 12.0. The summed E-state index contributed by atoms with van der Waals surface area (Å²) in [7, 11) is 0.757. The summed E-state index contributed by atoms with van der Waals surface area (Å²) < 4.78 is 23.1. The van der Waals surface area contributed by atoms with E-state index in [1.807, 2.05) is 37.2 Å². The van der Waals surface area contributed by atoms with Crippen molar-refractivity contribution in [2.24, 2.45) is 0 Å². The highest BCUT2D eigenvalue weighted by Gasteiger charge is 2.32. The largest absolute Gasteiger partial charge is 0.378 e. The number of benzene rings is 1. The van der Waals surface area contributed by atoms with E-state index < -0.39 is 15.1 Å². The molecular weight excluding hydrogens is 276 g/mol. The van der Waals surface area contributed by atoms with Gasteiger partial charge >= 0.3 is 0 Å². The summed E-state index contributed by atoms with van der Waals surface area (Å²) in [5.74, 6) is -0.0974. The van der Waals surface area contributed by atoms with Crippen LogP contribution in [0.5, 0.6) is 0 Å². The molecule has 1 atom stereocenters. The van der Waals surface area contributed by atoms with E-state index in [2.05, 4.69) is 0 Å². The smallest absolute Gasteiger partial charge is 0.253 e. The third-order valence-corrected chi connectivity index (χ3v) is 5.24. The lowest BCUT2D eigenvalue weighted by molar-refractivity contribution is 0.0793. The van der Waals surface area contributed by atoms with Crippen molar-refractivity contribution in [3.05, 3.63) is 29.8 Å². The molecule has 0 aliphatic carbocycles. The van der Waals surface area contributed by atoms with Crippen LogP contribution in [-0.2, 0) is 9.84 Å². The quantitative estimate of drug-likeness (QED) is 0.835. The van der Waals surface area contributed by atoms with Gasteiger partial charge in [0.1, 0.15) is 0 Å². The summed E-state index contributed by atoms with van der Waals surface area (Å²) in [6, 6.07) is 7.37. The first-order valence-corrected chi connectivity index (χ1v) is 8.50. The number of amides is 1. The summed E-state index contributed by atoms with van der Waals surface area (Å²) in [5, 5.41) is -0.427. The minimum Gasteiger partial charge on any atom is -0.378 e. The van der Waals surface area contributed by atoms with Crippen molar-refractivity contribution in [1.29, 1.82) is 0 Å². The Hall–Kier alpha value is -1.56. The number of nitrogens with zero attached hydrogens (tertiary/aromatic N) is 2. The first-order chi connectivity index (χ1) is 9.29. The van der Waals surface area contributed by atoms with Gasteiger partial charge in [0, 0.05) is 44.7 Å². The molecule has 1 amide bonds. The van der Waals surface area contributed by atoms with Gasteiger partial charge in [0.05, 0.1) is 5.25 Å². The van der Waals surface area contributed by atoms with Crippen molar-refractivity contribution in [3.8, 4) is 0 Å². The number of anilines is 1. The van der Waals surface area contributed by atoms with E-state index in [4.69, 9.17) is 0 Å². The highest BCUT2D eigenvalue weighted by atomic mass is 32.2. The Morgan fingerprint density at radius 1 is 1.35 bits per heavy atom. The van der Waals surface area contributed by atoms with Crippen LogP contribution in [0.3, 0.4) is 0 Å². The van der Waals surface area contributed by atoms with Gasteiger partial charge in [-0.2, -0.15) is 0 Å². The third kappa shape index (κ3) is 3.12. The highest BCUT2D eigenvalue weighted by molar-refractivity contribution is 7.91. The van der Waals surface area contributed by atoms with Crippen molar-refractivity contribution >= 4 is 21.4 Å². The predicted octanol–water partition coefficient (Wildman–Crippen LogP) is 1.01. The zero-order valence-corrected chi connectivity index (χ0v) is 12.9. The lowest BCUT2D eigenvalue weighted by Crippen LogP contribution is -2.31. The lowest BCUT2D eigenvalue weighted by Gasteiger charge is -2.18. The Bertz CT molecular complexity index is 611. The molecule has 1 aromatic carbocycles. The Balaban J connectivity index is 2.15. The van der Waals surface area contributed by atoms with E-state index in [-0.39, 0.29) is 5.91 Å². The molecule has 1 unspecified atom stereocenters. The fraction of sp³-hybridized carbons (Fsp3) is 0.500. The summed E-state index contributed by atoms with van der Waals surface area (Å²) in [5.41, 5.74) is 1.56. The molecule has 0 spiro atoms. The summed E-state index contributed by atoms with van der Waals surface area (Å²) in [6.45, 7) is 0.798. The molecule has 1 saturated heterocycles. The van der Waals surface area contributed by atoms with Crippen LogP contribution >= 0.6 is 0 Å². The van der Waals surface area contributed by atoms with Gasteiger partial charge in [-0.05, 0) is 24.6 Å². The molecule has 2 rings (SSSR count). The molecule has 0 radical (unpaired) electrons. The maximum atomic E-state index is 12.4. The Morgan fingerprint density at radius 3 is 2.60 bits per heavy atom. The van der Waals surface area contributed by atoms with Crippen LogP contribution in [0, 0.1) is 0 Å². The van der Waals surface area contributed by atoms with Crippen molar-refractivity contribution in [2.45, 2.75) is 11.7 Å². The van der Waals surface area contributed by atoms with Crippen LogP contribution < -0.4 is 4.90 Å². The SMILES string of the molecule is CN(C)c1cccc(C(=O)N2CCC(S(C)(=O)=O)C2)c1. The zero-order chi connectivity index (χ0) is 14.9. The Labute approximate surface area is 120 Å². The van der Waals surface area contributed by atoms with Gasteiger partial charge < -0.3 is 9.80 Å². The van der Waals surface area contributed by atoms with E-state index in [0.29, 0.717) is 25.1 Å². The minimum atomic E-state index is -3.07. The number of carbonyl (C=O) groups excluding carboxylic acids is 1. The van der Waals surface area contributed by atoms with Gasteiger partial charge in [-0.1, -0.05) is 6.07 Å². The topological polar surface area (TPSA) is 57.7 Å². The molecular formula is C14H20N2O3S. The molecule has 1 aliphatic rings. The van der Waals surface area contributed by atoms with Crippen molar-refractivity contribution < 1.29 is 13.2 Å². The normalized spacial score (nSPS) is 19.1. The first-order valence-electron chi connectivity index (χ1n) is 6.54. The summed E-state index contributed by atoms with van der Waals surface area (Å²) >= 11 is 0.